The van der Waals surface area contributed by atoms with Crippen molar-refractivity contribution in [1.29, 1.82) is 0 Å². The van der Waals surface area contributed by atoms with Crippen LogP contribution in [0.2, 0.25) is 0 Å². The minimum Gasteiger partial charge on any atom is -0.454 e. The number of nitrogens with zero attached hydrogens (tertiary/aromatic N) is 2. The number of aromatic nitrogens is 1. The lowest BCUT2D eigenvalue weighted by Gasteiger charge is -2.27. The van der Waals surface area contributed by atoms with Gasteiger partial charge in [0.15, 0.2) is 5.58 Å². The van der Waals surface area contributed by atoms with Gasteiger partial charge in [0.1, 0.15) is 5.58 Å². The fourth-order valence-corrected chi connectivity index (χ4v) is 9.43. The van der Waals surface area contributed by atoms with Crippen molar-refractivity contribution in [1.82, 2.24) is 4.57 Å². The van der Waals surface area contributed by atoms with E-state index in [9.17, 15) is 0 Å². The van der Waals surface area contributed by atoms with Gasteiger partial charge in [0.05, 0.1) is 16.7 Å². The van der Waals surface area contributed by atoms with Crippen LogP contribution in [0.15, 0.2) is 247 Å². The number of hydrogen-bond acceptors (Lipinski definition) is 2. The summed E-state index contributed by atoms with van der Waals surface area (Å²) in [6, 6.07) is 87.0. The third kappa shape index (κ3) is 6.38. The van der Waals surface area contributed by atoms with Crippen molar-refractivity contribution in [2.24, 2.45) is 0 Å². The zero-order valence-corrected chi connectivity index (χ0v) is 34.4. The Kier molecular flexibility index (Phi) is 8.83. The van der Waals surface area contributed by atoms with Crippen LogP contribution in [0.1, 0.15) is 0 Å². The van der Waals surface area contributed by atoms with Crippen molar-refractivity contribution in [3.05, 3.63) is 243 Å². The molecule has 0 radical (unpaired) electrons. The number of hydrogen-bond donors (Lipinski definition) is 0. The summed E-state index contributed by atoms with van der Waals surface area (Å²) < 4.78 is 9.09. The molecule has 0 spiro atoms. The van der Waals surface area contributed by atoms with Crippen LogP contribution in [-0.2, 0) is 0 Å². The Bertz CT molecular complexity index is 3530. The molecule has 63 heavy (non-hydrogen) atoms. The molecule has 0 saturated carbocycles. The maximum absolute atomic E-state index is 6.71. The molecule has 0 amide bonds. The van der Waals surface area contributed by atoms with Crippen LogP contribution in [0.25, 0.3) is 93.9 Å². The van der Waals surface area contributed by atoms with Crippen molar-refractivity contribution in [2.75, 3.05) is 4.90 Å². The van der Waals surface area contributed by atoms with E-state index in [4.69, 9.17) is 4.42 Å². The van der Waals surface area contributed by atoms with Crippen LogP contribution in [0, 0.1) is 0 Å². The Morgan fingerprint density at radius 2 is 0.857 bits per heavy atom. The highest BCUT2D eigenvalue weighted by Gasteiger charge is 2.22. The molecular weight excluding hydrogens is 765 g/mol. The lowest BCUT2D eigenvalue weighted by molar-refractivity contribution is 0.669. The molecule has 0 aliphatic heterocycles. The van der Waals surface area contributed by atoms with Crippen LogP contribution in [0.5, 0.6) is 0 Å². The molecule has 0 unspecified atom stereocenters. The van der Waals surface area contributed by atoms with Gasteiger partial charge in [-0.3, -0.25) is 0 Å². The first kappa shape index (κ1) is 36.5. The van der Waals surface area contributed by atoms with Gasteiger partial charge in [0, 0.05) is 38.6 Å². The molecule has 12 rings (SSSR count). The maximum atomic E-state index is 6.71. The van der Waals surface area contributed by atoms with Crippen LogP contribution in [-0.4, -0.2) is 4.57 Å². The zero-order valence-electron chi connectivity index (χ0n) is 34.4. The van der Waals surface area contributed by atoms with Crippen molar-refractivity contribution in [2.45, 2.75) is 0 Å². The molecule has 10 aromatic carbocycles. The van der Waals surface area contributed by atoms with Gasteiger partial charge in [-0.1, -0.05) is 176 Å². The Labute approximate surface area is 366 Å². The van der Waals surface area contributed by atoms with Crippen molar-refractivity contribution in [3.8, 4) is 50.2 Å². The first-order valence-corrected chi connectivity index (χ1v) is 21.5. The van der Waals surface area contributed by atoms with Gasteiger partial charge in [-0.25, -0.2) is 0 Å². The number of anilines is 3. The standard InChI is InChI=1S/C60H40N2O/c1-4-16-41(17-5-1)46-38-47(42-18-6-2-7-19-42)40-50(39-46)61(57-28-15-25-53-52-22-11-13-29-58(52)63-60(53)57)49-36-34-44(35-37-49)43-30-32-45(33-31-43)51-24-14-27-56-59(51)54-23-10-12-26-55(54)62(56)48-20-8-3-9-21-48/h1-40H. The zero-order chi connectivity index (χ0) is 41.7. The number of fused-ring (bicyclic) bond motifs is 6. The molecule has 0 N–H and O–H groups in total. The third-order valence-electron chi connectivity index (χ3n) is 12.4. The first-order chi connectivity index (χ1) is 31.2. The maximum Gasteiger partial charge on any atom is 0.159 e. The molecule has 3 nitrogen and oxygen atoms in total. The SMILES string of the molecule is c1ccc(-c2cc(-c3ccccc3)cc(N(c3ccc(-c4ccc(-c5cccc6c5c5ccccc5n6-c5ccccc5)cc4)cc3)c3cccc4c3oc3ccccc34)c2)cc1. The molecule has 0 bridgehead atoms. The smallest absolute Gasteiger partial charge is 0.159 e. The van der Waals surface area contributed by atoms with E-state index >= 15 is 0 Å². The Morgan fingerprint density at radius 3 is 1.56 bits per heavy atom. The summed E-state index contributed by atoms with van der Waals surface area (Å²) in [4.78, 5) is 2.35. The van der Waals surface area contributed by atoms with E-state index in [0.29, 0.717) is 0 Å². The third-order valence-corrected chi connectivity index (χ3v) is 12.4. The summed E-state index contributed by atoms with van der Waals surface area (Å²) in [6.45, 7) is 0. The van der Waals surface area contributed by atoms with Gasteiger partial charge in [-0.15, -0.1) is 0 Å². The second-order valence-electron chi connectivity index (χ2n) is 16.1. The summed E-state index contributed by atoms with van der Waals surface area (Å²) in [6.07, 6.45) is 0. The topological polar surface area (TPSA) is 21.3 Å². The highest BCUT2D eigenvalue weighted by atomic mass is 16.3. The van der Waals surface area contributed by atoms with Gasteiger partial charge in [-0.2, -0.15) is 0 Å². The molecule has 2 aromatic heterocycles. The Balaban J connectivity index is 0.970. The molecule has 0 aliphatic rings. The number of para-hydroxylation sites is 4. The normalized spacial score (nSPS) is 11.5. The van der Waals surface area contributed by atoms with E-state index in [1.165, 1.54) is 32.9 Å². The summed E-state index contributed by atoms with van der Waals surface area (Å²) >= 11 is 0. The van der Waals surface area contributed by atoms with Gasteiger partial charge in [-0.05, 0) is 111 Å². The van der Waals surface area contributed by atoms with Gasteiger partial charge in [0.2, 0.25) is 0 Å². The quantitative estimate of drug-likeness (QED) is 0.153. The number of rotatable bonds is 8. The van der Waals surface area contributed by atoms with Crippen molar-refractivity contribution >= 4 is 60.8 Å². The summed E-state index contributed by atoms with van der Waals surface area (Å²) in [5, 5.41) is 4.71. The Morgan fingerprint density at radius 1 is 0.333 bits per heavy atom. The van der Waals surface area contributed by atoms with E-state index in [1.807, 2.05) is 6.07 Å². The molecule has 0 aliphatic carbocycles. The van der Waals surface area contributed by atoms with E-state index in [1.54, 1.807) is 0 Å². The van der Waals surface area contributed by atoms with Crippen LogP contribution < -0.4 is 4.90 Å². The first-order valence-electron chi connectivity index (χ1n) is 21.5. The predicted molar refractivity (Wildman–Crippen MR) is 264 cm³/mol. The molecule has 3 heteroatoms. The average Bonchev–Trinajstić information content (AvgIpc) is 3.92. The van der Waals surface area contributed by atoms with E-state index < -0.39 is 0 Å². The lowest BCUT2D eigenvalue weighted by atomic mass is 9.96. The van der Waals surface area contributed by atoms with Gasteiger partial charge >= 0.3 is 0 Å². The molecule has 0 fully saturated rings. The van der Waals surface area contributed by atoms with E-state index in [0.717, 1.165) is 78.1 Å². The second-order valence-corrected chi connectivity index (χ2v) is 16.1. The van der Waals surface area contributed by atoms with Gasteiger partial charge in [0.25, 0.3) is 0 Å². The monoisotopic (exact) mass is 804 g/mol. The number of furan rings is 1. The van der Waals surface area contributed by atoms with Crippen LogP contribution >= 0.6 is 0 Å². The minimum atomic E-state index is 0.853. The highest BCUT2D eigenvalue weighted by Crippen LogP contribution is 2.45. The molecular formula is C60H40N2O. The van der Waals surface area contributed by atoms with Gasteiger partial charge < -0.3 is 13.9 Å². The molecule has 12 aromatic rings. The molecule has 2 heterocycles. The lowest BCUT2D eigenvalue weighted by Crippen LogP contribution is -2.10. The molecule has 296 valence electrons. The van der Waals surface area contributed by atoms with Crippen molar-refractivity contribution in [3.63, 3.8) is 0 Å². The molecule has 0 saturated heterocycles. The fourth-order valence-electron chi connectivity index (χ4n) is 9.43. The number of benzene rings is 10. The molecule has 0 atom stereocenters. The summed E-state index contributed by atoms with van der Waals surface area (Å²) in [5.41, 5.74) is 17.7. The van der Waals surface area contributed by atoms with E-state index in [2.05, 4.69) is 246 Å². The fraction of sp³-hybridized carbons (Fsp3) is 0. The largest absolute Gasteiger partial charge is 0.454 e. The highest BCUT2D eigenvalue weighted by molar-refractivity contribution is 6.16. The van der Waals surface area contributed by atoms with Crippen molar-refractivity contribution < 1.29 is 4.42 Å². The Hall–Kier alpha value is -8.40. The van der Waals surface area contributed by atoms with Crippen LogP contribution in [0.4, 0.5) is 17.1 Å². The van der Waals surface area contributed by atoms with E-state index in [-0.39, 0.29) is 0 Å². The minimum absolute atomic E-state index is 0.853. The second kappa shape index (κ2) is 15.3. The van der Waals surface area contributed by atoms with Crippen LogP contribution in [0.3, 0.4) is 0 Å². The predicted octanol–water partition coefficient (Wildman–Crippen LogP) is 16.8. The summed E-state index contributed by atoms with van der Waals surface area (Å²) in [7, 11) is 0. The average molecular weight is 805 g/mol. The summed E-state index contributed by atoms with van der Waals surface area (Å²) in [5.74, 6) is 0.